The molecule has 2 aromatic carbocycles. The van der Waals surface area contributed by atoms with Crippen LogP contribution in [0.4, 0.5) is 0 Å². The van der Waals surface area contributed by atoms with Crippen molar-refractivity contribution >= 4 is 17.7 Å². The van der Waals surface area contributed by atoms with E-state index < -0.39 is 23.6 Å². The molecule has 0 bridgehead atoms. The quantitative estimate of drug-likeness (QED) is 0.316. The summed E-state index contributed by atoms with van der Waals surface area (Å²) in [5.41, 5.74) is -0.295. The van der Waals surface area contributed by atoms with E-state index in [-0.39, 0.29) is 31.8 Å². The number of hydrogen-bond acceptors (Lipinski definition) is 7. The highest BCUT2D eigenvalue weighted by molar-refractivity contribution is 6.03. The van der Waals surface area contributed by atoms with Gasteiger partial charge < -0.3 is 19.3 Å². The van der Waals surface area contributed by atoms with Crippen LogP contribution in [0, 0.1) is 0 Å². The molecule has 0 heterocycles. The third-order valence-electron chi connectivity index (χ3n) is 4.69. The summed E-state index contributed by atoms with van der Waals surface area (Å²) < 4.78 is 15.5. The summed E-state index contributed by atoms with van der Waals surface area (Å²) in [6.07, 6.45) is -0.279. The number of hydrogen-bond donors (Lipinski definition) is 1. The first-order valence-corrected chi connectivity index (χ1v) is 9.76. The molecule has 0 fully saturated rings. The summed E-state index contributed by atoms with van der Waals surface area (Å²) in [6.45, 7) is 2.58. The molecule has 0 amide bonds. The molecular weight excluding hydrogens is 400 g/mol. The fraction of sp³-hybridized carbons (Fsp3) is 0.292. The lowest BCUT2D eigenvalue weighted by Gasteiger charge is -2.31. The van der Waals surface area contributed by atoms with Crippen LogP contribution in [0.3, 0.4) is 0 Å². The largest absolute Gasteiger partial charge is 0.463 e. The minimum absolute atomic E-state index is 0.0433. The van der Waals surface area contributed by atoms with Crippen LogP contribution in [0.1, 0.15) is 28.8 Å². The van der Waals surface area contributed by atoms with E-state index in [0.29, 0.717) is 11.1 Å². The van der Waals surface area contributed by atoms with E-state index in [2.05, 4.69) is 6.58 Å². The summed E-state index contributed by atoms with van der Waals surface area (Å²) in [5.74, 6) is -1.57. The maximum Gasteiger partial charge on any atom is 0.330 e. The van der Waals surface area contributed by atoms with Gasteiger partial charge in [-0.3, -0.25) is 9.59 Å². The van der Waals surface area contributed by atoms with Gasteiger partial charge in [-0.25, -0.2) is 4.79 Å². The van der Waals surface area contributed by atoms with Crippen molar-refractivity contribution in [2.24, 2.45) is 0 Å². The van der Waals surface area contributed by atoms with Gasteiger partial charge in [0.15, 0.2) is 11.4 Å². The molecule has 0 aliphatic carbocycles. The average molecular weight is 426 g/mol. The number of esters is 2. The second-order valence-electron chi connectivity index (χ2n) is 6.76. The molecule has 0 saturated heterocycles. The van der Waals surface area contributed by atoms with E-state index >= 15 is 0 Å². The Morgan fingerprint density at radius 3 is 2.16 bits per heavy atom. The fourth-order valence-corrected chi connectivity index (χ4v) is 3.06. The number of aliphatic hydroxyl groups is 1. The van der Waals surface area contributed by atoms with Crippen LogP contribution in [0.5, 0.6) is 0 Å². The number of methoxy groups -OCH3 is 1. The molecule has 1 N–H and O–H groups in total. The Labute approximate surface area is 181 Å². The van der Waals surface area contributed by atoms with Gasteiger partial charge in [-0.2, -0.15) is 0 Å². The Balaban J connectivity index is 2.08. The summed E-state index contributed by atoms with van der Waals surface area (Å²) in [4.78, 5) is 36.7. The Hall–Kier alpha value is -3.29. The van der Waals surface area contributed by atoms with Gasteiger partial charge in [0.1, 0.15) is 19.3 Å². The normalized spacial score (nSPS) is 13.5. The Kier molecular flexibility index (Phi) is 9.12. The predicted molar refractivity (Wildman–Crippen MR) is 113 cm³/mol. The van der Waals surface area contributed by atoms with Crippen molar-refractivity contribution in [1.29, 1.82) is 0 Å². The van der Waals surface area contributed by atoms with Gasteiger partial charge in [-0.1, -0.05) is 67.2 Å². The second-order valence-corrected chi connectivity index (χ2v) is 6.76. The van der Waals surface area contributed by atoms with E-state index in [1.165, 1.54) is 7.11 Å². The number of carbonyl (C=O) groups excluding carboxylic acids is 3. The summed E-state index contributed by atoms with van der Waals surface area (Å²) in [5, 5.41) is 9.76. The van der Waals surface area contributed by atoms with Gasteiger partial charge in [0.2, 0.25) is 0 Å². The number of rotatable bonds is 12. The molecule has 2 rings (SSSR count). The third kappa shape index (κ3) is 6.60. The molecule has 0 aliphatic rings. The highest BCUT2D eigenvalue weighted by Gasteiger charge is 2.41. The van der Waals surface area contributed by atoms with Crippen molar-refractivity contribution in [1.82, 2.24) is 0 Å². The molecule has 0 saturated carbocycles. The zero-order valence-electron chi connectivity index (χ0n) is 17.4. The van der Waals surface area contributed by atoms with E-state index in [9.17, 15) is 19.5 Å². The van der Waals surface area contributed by atoms with Gasteiger partial charge in [-0.15, -0.1) is 0 Å². The first kappa shape index (κ1) is 24.0. The van der Waals surface area contributed by atoms with E-state index in [0.717, 1.165) is 6.08 Å². The lowest BCUT2D eigenvalue weighted by atomic mass is 9.82. The summed E-state index contributed by atoms with van der Waals surface area (Å²) in [6, 6.07) is 17.7. The van der Waals surface area contributed by atoms with Gasteiger partial charge >= 0.3 is 11.9 Å². The van der Waals surface area contributed by atoms with Crippen LogP contribution >= 0.6 is 0 Å². The smallest absolute Gasteiger partial charge is 0.330 e. The zero-order chi connectivity index (χ0) is 22.7. The zero-order valence-corrected chi connectivity index (χ0v) is 17.4. The number of aliphatic hydroxyl groups excluding tert-OH is 1. The molecular formula is C24H26O7. The van der Waals surface area contributed by atoms with Crippen LogP contribution in [0.15, 0.2) is 73.3 Å². The summed E-state index contributed by atoms with van der Waals surface area (Å²) >= 11 is 0. The first-order chi connectivity index (χ1) is 14.9. The predicted octanol–water partition coefficient (Wildman–Crippen LogP) is 2.82. The first-order valence-electron chi connectivity index (χ1n) is 9.76. The van der Waals surface area contributed by atoms with Crippen LogP contribution < -0.4 is 0 Å². The van der Waals surface area contributed by atoms with Crippen molar-refractivity contribution in [2.45, 2.75) is 24.5 Å². The molecule has 0 aromatic heterocycles. The number of Topliss-reactive ketones (excluding diaryl/α,β-unsaturated/α-hetero) is 1. The fourth-order valence-electron chi connectivity index (χ4n) is 3.06. The van der Waals surface area contributed by atoms with Gasteiger partial charge in [0.05, 0.1) is 0 Å². The number of carbonyl (C=O) groups is 3. The minimum atomic E-state index is -1.38. The lowest BCUT2D eigenvalue weighted by molar-refractivity contribution is -0.151. The van der Waals surface area contributed by atoms with Crippen LogP contribution in [-0.2, 0) is 29.4 Å². The van der Waals surface area contributed by atoms with E-state index in [1.54, 1.807) is 48.5 Å². The van der Waals surface area contributed by atoms with Gasteiger partial charge in [0.25, 0.3) is 0 Å². The third-order valence-corrected chi connectivity index (χ3v) is 4.69. The van der Waals surface area contributed by atoms with Crippen molar-refractivity contribution in [3.8, 4) is 0 Å². The SMILES string of the molecule is C=CC(=O)OCC(O)COC(=O)CCC(OC)(C(=O)c1ccccc1)c1ccccc1. The highest BCUT2D eigenvalue weighted by atomic mass is 16.6. The standard InChI is InChI=1S/C24H26O7/c1-3-21(26)30-16-20(25)17-31-22(27)14-15-24(29-2,19-12-8-5-9-13-19)23(28)18-10-6-4-7-11-18/h3-13,20,25H,1,14-17H2,2H3. The van der Waals surface area contributed by atoms with E-state index in [4.69, 9.17) is 14.2 Å². The maximum absolute atomic E-state index is 13.4. The summed E-state index contributed by atoms with van der Waals surface area (Å²) in [7, 11) is 1.43. The Bertz CT molecular complexity index is 879. The molecule has 0 aliphatic heterocycles. The monoisotopic (exact) mass is 426 g/mol. The van der Waals surface area contributed by atoms with Crippen LogP contribution in [0.25, 0.3) is 0 Å². The highest BCUT2D eigenvalue weighted by Crippen LogP contribution is 2.34. The molecule has 0 spiro atoms. The molecule has 0 radical (unpaired) electrons. The Morgan fingerprint density at radius 1 is 1.00 bits per heavy atom. The Morgan fingerprint density at radius 2 is 1.58 bits per heavy atom. The molecule has 164 valence electrons. The molecule has 2 aromatic rings. The van der Waals surface area contributed by atoms with Gasteiger partial charge in [0, 0.05) is 25.2 Å². The van der Waals surface area contributed by atoms with Gasteiger partial charge in [-0.05, 0) is 12.0 Å². The minimum Gasteiger partial charge on any atom is -0.463 e. The topological polar surface area (TPSA) is 99.1 Å². The van der Waals surface area contributed by atoms with E-state index in [1.807, 2.05) is 12.1 Å². The average Bonchev–Trinajstić information content (AvgIpc) is 2.82. The molecule has 7 nitrogen and oxygen atoms in total. The van der Waals surface area contributed by atoms with Crippen LogP contribution in [0.2, 0.25) is 0 Å². The molecule has 7 heteroatoms. The molecule has 2 atom stereocenters. The lowest BCUT2D eigenvalue weighted by Crippen LogP contribution is -2.39. The van der Waals surface area contributed by atoms with Crippen molar-refractivity contribution in [3.63, 3.8) is 0 Å². The van der Waals surface area contributed by atoms with Crippen molar-refractivity contribution in [3.05, 3.63) is 84.4 Å². The van der Waals surface area contributed by atoms with Crippen molar-refractivity contribution in [2.75, 3.05) is 20.3 Å². The number of benzene rings is 2. The molecule has 2 unspecified atom stereocenters. The second kappa shape index (κ2) is 11.8. The van der Waals surface area contributed by atoms with Crippen LogP contribution in [-0.4, -0.2) is 49.3 Å². The number of ether oxygens (including phenoxy) is 3. The van der Waals surface area contributed by atoms with Crippen molar-refractivity contribution < 1.29 is 33.7 Å². The molecule has 31 heavy (non-hydrogen) atoms. The number of ketones is 1. The maximum atomic E-state index is 13.4.